The third-order valence-corrected chi connectivity index (χ3v) is 3.17. The summed E-state index contributed by atoms with van der Waals surface area (Å²) < 4.78 is 5.02. The van der Waals surface area contributed by atoms with Crippen LogP contribution in [-0.2, 0) is 16.1 Å². The zero-order valence-electron chi connectivity index (χ0n) is 10.7. The number of ether oxygens (including phenoxy) is 1. The fourth-order valence-electron chi connectivity index (χ4n) is 2.28. The van der Waals surface area contributed by atoms with Crippen LogP contribution in [-0.4, -0.2) is 29.4 Å². The van der Waals surface area contributed by atoms with Gasteiger partial charge in [-0.15, -0.1) is 0 Å². The van der Waals surface area contributed by atoms with Crippen LogP contribution in [0.2, 0.25) is 0 Å². The van der Waals surface area contributed by atoms with Crippen LogP contribution in [0.1, 0.15) is 36.2 Å². The Labute approximate surface area is 107 Å². The summed E-state index contributed by atoms with van der Waals surface area (Å²) in [4.78, 5) is 25.7. The van der Waals surface area contributed by atoms with Gasteiger partial charge >= 0.3 is 5.97 Å². The zero-order chi connectivity index (χ0) is 13.1. The third kappa shape index (κ3) is 2.10. The molecule has 1 unspecified atom stereocenters. The summed E-state index contributed by atoms with van der Waals surface area (Å²) >= 11 is 0. The molecule has 0 radical (unpaired) electrons. The third-order valence-electron chi connectivity index (χ3n) is 3.17. The first kappa shape index (κ1) is 12.6. The molecule has 0 saturated carbocycles. The number of benzene rings is 1. The molecule has 1 aromatic carbocycles. The Hall–Kier alpha value is -1.84. The molecule has 1 aliphatic rings. The summed E-state index contributed by atoms with van der Waals surface area (Å²) in [6.07, 6.45) is 0.568. The molecule has 0 aromatic heterocycles. The highest BCUT2D eigenvalue weighted by Crippen LogP contribution is 2.25. The minimum Gasteiger partial charge on any atom is -0.464 e. The van der Waals surface area contributed by atoms with E-state index in [1.54, 1.807) is 17.9 Å². The van der Waals surface area contributed by atoms with Gasteiger partial charge in [0.15, 0.2) is 0 Å². The second-order valence-electron chi connectivity index (χ2n) is 4.27. The SMILES string of the molecule is CCOC(=O)C(CC)N1Cc2ccccc2C1=O. The molecule has 1 atom stereocenters. The molecule has 0 fully saturated rings. The predicted octanol–water partition coefficient (Wildman–Crippen LogP) is 1.98. The highest BCUT2D eigenvalue weighted by atomic mass is 16.5. The predicted molar refractivity (Wildman–Crippen MR) is 67.0 cm³/mol. The van der Waals surface area contributed by atoms with Crippen LogP contribution in [0.15, 0.2) is 24.3 Å². The van der Waals surface area contributed by atoms with Crippen molar-refractivity contribution in [2.45, 2.75) is 32.9 Å². The second kappa shape index (κ2) is 5.21. The Morgan fingerprint density at radius 3 is 2.72 bits per heavy atom. The molecule has 4 heteroatoms. The number of carbonyl (C=O) groups is 2. The lowest BCUT2D eigenvalue weighted by Crippen LogP contribution is -2.41. The summed E-state index contributed by atoms with van der Waals surface area (Å²) in [6, 6.07) is 6.98. The topological polar surface area (TPSA) is 46.6 Å². The van der Waals surface area contributed by atoms with Gasteiger partial charge in [-0.25, -0.2) is 4.79 Å². The quantitative estimate of drug-likeness (QED) is 0.764. The average Bonchev–Trinajstić information content (AvgIpc) is 2.69. The van der Waals surface area contributed by atoms with Crippen molar-refractivity contribution in [3.8, 4) is 0 Å². The fraction of sp³-hybridized carbons (Fsp3) is 0.429. The van der Waals surface area contributed by atoms with E-state index in [0.29, 0.717) is 25.1 Å². The summed E-state index contributed by atoms with van der Waals surface area (Å²) in [5, 5.41) is 0. The van der Waals surface area contributed by atoms with Crippen LogP contribution in [0, 0.1) is 0 Å². The number of nitrogens with zero attached hydrogens (tertiary/aromatic N) is 1. The van der Waals surface area contributed by atoms with E-state index in [2.05, 4.69) is 0 Å². The Bertz CT molecular complexity index is 470. The molecule has 4 nitrogen and oxygen atoms in total. The number of carbonyl (C=O) groups excluding carboxylic acids is 2. The van der Waals surface area contributed by atoms with Crippen LogP contribution in [0.5, 0.6) is 0 Å². The van der Waals surface area contributed by atoms with Crippen LogP contribution in [0.3, 0.4) is 0 Å². The minimum absolute atomic E-state index is 0.0782. The van der Waals surface area contributed by atoms with Gasteiger partial charge in [0.2, 0.25) is 0 Å². The molecule has 0 saturated heterocycles. The monoisotopic (exact) mass is 247 g/mol. The Morgan fingerprint density at radius 1 is 1.39 bits per heavy atom. The summed E-state index contributed by atoms with van der Waals surface area (Å²) in [6.45, 7) is 4.49. The lowest BCUT2D eigenvalue weighted by atomic mass is 10.1. The Morgan fingerprint density at radius 2 is 2.11 bits per heavy atom. The standard InChI is InChI=1S/C14H17NO3/c1-3-12(14(17)18-4-2)15-9-10-7-5-6-8-11(10)13(15)16/h5-8,12H,3-4,9H2,1-2H3. The van der Waals surface area contributed by atoms with Gasteiger partial charge in [-0.1, -0.05) is 25.1 Å². The molecular formula is C14H17NO3. The van der Waals surface area contributed by atoms with Crippen LogP contribution in [0.4, 0.5) is 0 Å². The van der Waals surface area contributed by atoms with Gasteiger partial charge in [0.05, 0.1) is 6.61 Å². The van der Waals surface area contributed by atoms with Crippen molar-refractivity contribution in [2.24, 2.45) is 0 Å². The molecule has 1 amide bonds. The maximum Gasteiger partial charge on any atom is 0.328 e. The first-order valence-electron chi connectivity index (χ1n) is 6.24. The average molecular weight is 247 g/mol. The number of hydrogen-bond donors (Lipinski definition) is 0. The van der Waals surface area contributed by atoms with Gasteiger partial charge in [0, 0.05) is 12.1 Å². The maximum atomic E-state index is 12.2. The van der Waals surface area contributed by atoms with Crippen molar-refractivity contribution in [1.82, 2.24) is 4.90 Å². The molecule has 0 aliphatic carbocycles. The Kier molecular flexibility index (Phi) is 3.65. The number of hydrogen-bond acceptors (Lipinski definition) is 3. The van der Waals surface area contributed by atoms with Crippen molar-refractivity contribution < 1.29 is 14.3 Å². The minimum atomic E-state index is -0.482. The van der Waals surface area contributed by atoms with E-state index >= 15 is 0 Å². The molecule has 0 N–H and O–H groups in total. The van der Waals surface area contributed by atoms with Crippen molar-refractivity contribution in [3.05, 3.63) is 35.4 Å². The van der Waals surface area contributed by atoms with Crippen molar-refractivity contribution >= 4 is 11.9 Å². The van der Waals surface area contributed by atoms with Crippen LogP contribution in [0.25, 0.3) is 0 Å². The van der Waals surface area contributed by atoms with Gasteiger partial charge in [-0.05, 0) is 25.0 Å². The van der Waals surface area contributed by atoms with E-state index in [1.165, 1.54) is 0 Å². The summed E-state index contributed by atoms with van der Waals surface area (Å²) in [5.41, 5.74) is 1.67. The molecule has 1 aromatic rings. The van der Waals surface area contributed by atoms with Crippen LogP contribution >= 0.6 is 0 Å². The van der Waals surface area contributed by atoms with Gasteiger partial charge in [0.1, 0.15) is 6.04 Å². The Balaban J connectivity index is 2.21. The zero-order valence-corrected chi connectivity index (χ0v) is 10.7. The first-order chi connectivity index (χ1) is 8.69. The number of esters is 1. The molecule has 0 spiro atoms. The van der Waals surface area contributed by atoms with E-state index < -0.39 is 6.04 Å². The molecule has 0 bridgehead atoms. The highest BCUT2D eigenvalue weighted by Gasteiger charge is 2.35. The van der Waals surface area contributed by atoms with Gasteiger partial charge in [-0.2, -0.15) is 0 Å². The molecule has 96 valence electrons. The van der Waals surface area contributed by atoms with Crippen LogP contribution < -0.4 is 0 Å². The van der Waals surface area contributed by atoms with Gasteiger partial charge in [-0.3, -0.25) is 4.79 Å². The molecule has 1 heterocycles. The largest absolute Gasteiger partial charge is 0.464 e. The van der Waals surface area contributed by atoms with Crippen molar-refractivity contribution in [1.29, 1.82) is 0 Å². The van der Waals surface area contributed by atoms with E-state index in [-0.39, 0.29) is 11.9 Å². The smallest absolute Gasteiger partial charge is 0.328 e. The van der Waals surface area contributed by atoms with E-state index in [4.69, 9.17) is 4.74 Å². The van der Waals surface area contributed by atoms with Crippen molar-refractivity contribution in [3.63, 3.8) is 0 Å². The highest BCUT2D eigenvalue weighted by molar-refractivity contribution is 6.00. The number of rotatable bonds is 4. The lowest BCUT2D eigenvalue weighted by molar-refractivity contribution is -0.148. The number of fused-ring (bicyclic) bond motifs is 1. The fourth-order valence-corrected chi connectivity index (χ4v) is 2.28. The van der Waals surface area contributed by atoms with Gasteiger partial charge in [0.25, 0.3) is 5.91 Å². The number of amides is 1. The summed E-state index contributed by atoms with van der Waals surface area (Å²) in [7, 11) is 0. The summed E-state index contributed by atoms with van der Waals surface area (Å²) in [5.74, 6) is -0.397. The first-order valence-corrected chi connectivity index (χ1v) is 6.24. The van der Waals surface area contributed by atoms with E-state index in [0.717, 1.165) is 5.56 Å². The van der Waals surface area contributed by atoms with E-state index in [9.17, 15) is 9.59 Å². The molecular weight excluding hydrogens is 230 g/mol. The molecule has 18 heavy (non-hydrogen) atoms. The van der Waals surface area contributed by atoms with Gasteiger partial charge < -0.3 is 9.64 Å². The molecule has 1 aliphatic heterocycles. The van der Waals surface area contributed by atoms with E-state index in [1.807, 2.05) is 25.1 Å². The maximum absolute atomic E-state index is 12.2. The molecule has 2 rings (SSSR count). The lowest BCUT2D eigenvalue weighted by Gasteiger charge is -2.24. The normalized spacial score (nSPS) is 15.4. The van der Waals surface area contributed by atoms with Crippen molar-refractivity contribution in [2.75, 3.05) is 6.61 Å². The second-order valence-corrected chi connectivity index (χ2v) is 4.27.